The van der Waals surface area contributed by atoms with Gasteiger partial charge in [0, 0.05) is 38.3 Å². The summed E-state index contributed by atoms with van der Waals surface area (Å²) in [7, 11) is -3.09. The van der Waals surface area contributed by atoms with E-state index in [1.807, 2.05) is 12.3 Å². The Balaban J connectivity index is 1.73. The molecule has 0 amide bonds. The van der Waals surface area contributed by atoms with Gasteiger partial charge in [0.05, 0.1) is 6.26 Å². The van der Waals surface area contributed by atoms with Gasteiger partial charge in [0.1, 0.15) is 11.6 Å². The van der Waals surface area contributed by atoms with Crippen molar-refractivity contribution in [1.29, 1.82) is 0 Å². The predicted octanol–water partition coefficient (Wildman–Crippen LogP) is 0.826. The van der Waals surface area contributed by atoms with Crippen LogP contribution >= 0.6 is 0 Å². The number of aromatic nitrogens is 2. The van der Waals surface area contributed by atoms with Gasteiger partial charge in [-0.1, -0.05) is 0 Å². The van der Waals surface area contributed by atoms with Crippen molar-refractivity contribution in [1.82, 2.24) is 14.3 Å². The van der Waals surface area contributed by atoms with E-state index in [1.54, 1.807) is 4.31 Å². The van der Waals surface area contributed by atoms with Crippen LogP contribution in [-0.2, 0) is 10.0 Å². The third-order valence-electron chi connectivity index (χ3n) is 3.85. The summed E-state index contributed by atoms with van der Waals surface area (Å²) < 4.78 is 24.8. The van der Waals surface area contributed by atoms with Gasteiger partial charge in [-0.15, -0.1) is 0 Å². The second kappa shape index (κ2) is 5.29. The van der Waals surface area contributed by atoms with Crippen molar-refractivity contribution in [2.45, 2.75) is 25.2 Å². The normalized spacial score (nSPS) is 21.8. The summed E-state index contributed by atoms with van der Waals surface area (Å²) >= 11 is 0. The summed E-state index contributed by atoms with van der Waals surface area (Å²) in [5, 5.41) is 0. The SMILES string of the molecule is CS(=O)(=O)N1CCCN(c2ccnc(C3CC3)n2)CC1. The first-order valence-electron chi connectivity index (χ1n) is 7.07. The molecule has 1 aliphatic heterocycles. The molecule has 1 saturated heterocycles. The van der Waals surface area contributed by atoms with E-state index in [1.165, 1.54) is 19.1 Å². The Morgan fingerprint density at radius 1 is 1.20 bits per heavy atom. The Bertz CT molecular complexity index is 586. The molecule has 2 fully saturated rings. The molecule has 110 valence electrons. The molecule has 1 aromatic heterocycles. The zero-order chi connectivity index (χ0) is 14.2. The maximum absolute atomic E-state index is 11.6. The highest BCUT2D eigenvalue weighted by Gasteiger charge is 2.27. The second-order valence-electron chi connectivity index (χ2n) is 5.55. The molecule has 1 aliphatic carbocycles. The molecule has 0 N–H and O–H groups in total. The smallest absolute Gasteiger partial charge is 0.211 e. The van der Waals surface area contributed by atoms with Crippen molar-refractivity contribution in [3.05, 3.63) is 18.1 Å². The summed E-state index contributed by atoms with van der Waals surface area (Å²) in [5.74, 6) is 2.40. The lowest BCUT2D eigenvalue weighted by Crippen LogP contribution is -2.34. The van der Waals surface area contributed by atoms with Gasteiger partial charge >= 0.3 is 0 Å². The molecule has 1 aromatic rings. The third kappa shape index (κ3) is 3.09. The van der Waals surface area contributed by atoms with E-state index in [0.29, 0.717) is 25.6 Å². The maximum atomic E-state index is 11.6. The maximum Gasteiger partial charge on any atom is 0.211 e. The average molecular weight is 296 g/mol. The number of hydrogen-bond donors (Lipinski definition) is 0. The largest absolute Gasteiger partial charge is 0.355 e. The van der Waals surface area contributed by atoms with Gasteiger partial charge in [-0.2, -0.15) is 0 Å². The van der Waals surface area contributed by atoms with E-state index in [9.17, 15) is 8.42 Å². The Kier molecular flexibility index (Phi) is 3.64. The summed E-state index contributed by atoms with van der Waals surface area (Å²) in [6, 6.07) is 1.92. The van der Waals surface area contributed by atoms with Gasteiger partial charge in [0.25, 0.3) is 0 Å². The van der Waals surface area contributed by atoms with E-state index in [2.05, 4.69) is 14.9 Å². The number of nitrogens with zero attached hydrogens (tertiary/aromatic N) is 4. The molecule has 6 nitrogen and oxygen atoms in total. The monoisotopic (exact) mass is 296 g/mol. The van der Waals surface area contributed by atoms with Crippen LogP contribution in [-0.4, -0.2) is 55.1 Å². The fourth-order valence-electron chi connectivity index (χ4n) is 2.53. The molecule has 20 heavy (non-hydrogen) atoms. The van der Waals surface area contributed by atoms with E-state index in [4.69, 9.17) is 0 Å². The highest BCUT2D eigenvalue weighted by atomic mass is 32.2. The molecular formula is C13H20N4O2S. The van der Waals surface area contributed by atoms with Crippen LogP contribution in [0, 0.1) is 0 Å². The number of hydrogen-bond acceptors (Lipinski definition) is 5. The van der Waals surface area contributed by atoms with E-state index in [-0.39, 0.29) is 0 Å². The second-order valence-corrected chi connectivity index (χ2v) is 7.53. The first-order chi connectivity index (χ1) is 9.54. The Morgan fingerprint density at radius 2 is 2.00 bits per heavy atom. The quantitative estimate of drug-likeness (QED) is 0.826. The molecule has 0 spiro atoms. The highest BCUT2D eigenvalue weighted by Crippen LogP contribution is 2.38. The molecule has 3 rings (SSSR count). The van der Waals surface area contributed by atoms with Gasteiger partial charge in [-0.25, -0.2) is 22.7 Å². The van der Waals surface area contributed by atoms with Crippen LogP contribution in [0.5, 0.6) is 0 Å². The van der Waals surface area contributed by atoms with Gasteiger partial charge in [-0.3, -0.25) is 0 Å². The molecule has 0 atom stereocenters. The van der Waals surface area contributed by atoms with Crippen molar-refractivity contribution in [2.24, 2.45) is 0 Å². The van der Waals surface area contributed by atoms with Crippen LogP contribution in [0.2, 0.25) is 0 Å². The standard InChI is InChI=1S/C13H20N4O2S/c1-20(18,19)17-8-2-7-16(9-10-17)12-5-6-14-13(15-12)11-3-4-11/h5-6,11H,2-4,7-10H2,1H3. The molecule has 0 unspecified atom stereocenters. The molecule has 7 heteroatoms. The Morgan fingerprint density at radius 3 is 2.70 bits per heavy atom. The molecule has 0 radical (unpaired) electrons. The minimum absolute atomic E-state index is 0.529. The van der Waals surface area contributed by atoms with Crippen molar-refractivity contribution >= 4 is 15.8 Å². The Hall–Kier alpha value is -1.21. The summed E-state index contributed by atoms with van der Waals surface area (Å²) in [6.07, 6.45) is 6.29. The van der Waals surface area contributed by atoms with Gasteiger partial charge in [0.2, 0.25) is 10.0 Å². The summed E-state index contributed by atoms with van der Waals surface area (Å²) in [5.41, 5.74) is 0. The molecule has 1 saturated carbocycles. The van der Waals surface area contributed by atoms with E-state index >= 15 is 0 Å². The molecule has 0 aromatic carbocycles. The molecule has 0 bridgehead atoms. The zero-order valence-electron chi connectivity index (χ0n) is 11.7. The number of sulfonamides is 1. The number of anilines is 1. The van der Waals surface area contributed by atoms with E-state index in [0.717, 1.165) is 24.6 Å². The van der Waals surface area contributed by atoms with Gasteiger partial charge in [0.15, 0.2) is 0 Å². The van der Waals surface area contributed by atoms with Crippen LogP contribution in [0.4, 0.5) is 5.82 Å². The Labute approximate surface area is 119 Å². The fourth-order valence-corrected chi connectivity index (χ4v) is 3.41. The predicted molar refractivity (Wildman–Crippen MR) is 77.3 cm³/mol. The van der Waals surface area contributed by atoms with Crippen molar-refractivity contribution < 1.29 is 8.42 Å². The summed E-state index contributed by atoms with van der Waals surface area (Å²) in [6.45, 7) is 2.65. The first kappa shape index (κ1) is 13.8. The molecular weight excluding hydrogens is 276 g/mol. The lowest BCUT2D eigenvalue weighted by Gasteiger charge is -2.22. The molecule has 2 aliphatic rings. The zero-order valence-corrected chi connectivity index (χ0v) is 12.5. The van der Waals surface area contributed by atoms with Crippen LogP contribution < -0.4 is 4.90 Å². The van der Waals surface area contributed by atoms with Crippen LogP contribution in [0.1, 0.15) is 31.0 Å². The highest BCUT2D eigenvalue weighted by molar-refractivity contribution is 7.88. The molecule has 2 heterocycles. The van der Waals surface area contributed by atoms with Crippen molar-refractivity contribution in [2.75, 3.05) is 37.3 Å². The van der Waals surface area contributed by atoms with Crippen molar-refractivity contribution in [3.8, 4) is 0 Å². The minimum atomic E-state index is -3.09. The van der Waals surface area contributed by atoms with Crippen LogP contribution in [0.3, 0.4) is 0 Å². The fraction of sp³-hybridized carbons (Fsp3) is 0.692. The van der Waals surface area contributed by atoms with Crippen LogP contribution in [0.15, 0.2) is 12.3 Å². The number of rotatable bonds is 3. The summed E-state index contributed by atoms with van der Waals surface area (Å²) in [4.78, 5) is 11.1. The lowest BCUT2D eigenvalue weighted by atomic mass is 10.3. The average Bonchev–Trinajstić information content (AvgIpc) is 3.24. The van der Waals surface area contributed by atoms with Gasteiger partial charge in [-0.05, 0) is 25.3 Å². The van der Waals surface area contributed by atoms with Crippen molar-refractivity contribution in [3.63, 3.8) is 0 Å². The van der Waals surface area contributed by atoms with Crippen LogP contribution in [0.25, 0.3) is 0 Å². The van der Waals surface area contributed by atoms with Gasteiger partial charge < -0.3 is 4.90 Å². The minimum Gasteiger partial charge on any atom is -0.355 e. The topological polar surface area (TPSA) is 66.4 Å². The lowest BCUT2D eigenvalue weighted by molar-refractivity contribution is 0.437. The van der Waals surface area contributed by atoms with E-state index < -0.39 is 10.0 Å². The first-order valence-corrected chi connectivity index (χ1v) is 8.92. The third-order valence-corrected chi connectivity index (χ3v) is 5.15.